The SMILES string of the molecule is CC/C=C\C/C=C\C/C=C\C/C=C\C/C=C\C/C=C\C/C=C\C/C=C\CCCCCCC(=O)OCC(COC(=O)CCCCCCC/C=C\CCCCCCC)OC(=O)CCCCCCCCCCC/C=C\CCCCCCCC. The van der Waals surface area contributed by atoms with Crippen molar-refractivity contribution in [2.24, 2.45) is 0 Å². The Balaban J connectivity index is 4.40. The first-order valence-electron chi connectivity index (χ1n) is 33.5. The third-order valence-corrected chi connectivity index (χ3v) is 14.2. The Morgan fingerprint density at radius 2 is 0.487 bits per heavy atom. The van der Waals surface area contributed by atoms with E-state index in [9.17, 15) is 14.4 Å². The Hall–Kier alpha value is -4.19. The van der Waals surface area contributed by atoms with Crippen LogP contribution in [0, 0.1) is 0 Å². The van der Waals surface area contributed by atoms with E-state index in [0.29, 0.717) is 19.3 Å². The molecule has 0 saturated heterocycles. The van der Waals surface area contributed by atoms with Gasteiger partial charge in [-0.25, -0.2) is 0 Å². The Morgan fingerprint density at radius 1 is 0.263 bits per heavy atom. The van der Waals surface area contributed by atoms with Gasteiger partial charge in [-0.3, -0.25) is 14.4 Å². The second-order valence-electron chi connectivity index (χ2n) is 22.0. The van der Waals surface area contributed by atoms with Crippen LogP contribution >= 0.6 is 0 Å². The molecule has 0 aliphatic heterocycles. The van der Waals surface area contributed by atoms with E-state index in [0.717, 1.165) is 128 Å². The molecule has 0 fully saturated rings. The predicted octanol–water partition coefficient (Wildman–Crippen LogP) is 23.2. The van der Waals surface area contributed by atoms with Crippen LogP contribution in [0.1, 0.15) is 310 Å². The van der Waals surface area contributed by atoms with Crippen LogP contribution in [-0.2, 0) is 28.6 Å². The minimum absolute atomic E-state index is 0.0922. The number of hydrogen-bond acceptors (Lipinski definition) is 6. The summed E-state index contributed by atoms with van der Waals surface area (Å²) in [5.41, 5.74) is 0. The number of unbranched alkanes of at least 4 members (excludes halogenated alkanes) is 29. The zero-order chi connectivity index (χ0) is 57.8. The molecule has 1 unspecified atom stereocenters. The molecule has 0 N–H and O–H groups in total. The number of esters is 3. The molecule has 0 aromatic rings. The van der Waals surface area contributed by atoms with E-state index in [1.54, 1.807) is 0 Å². The summed E-state index contributed by atoms with van der Waals surface area (Å²) < 4.78 is 16.9. The molecule has 0 heterocycles. The largest absolute Gasteiger partial charge is 0.462 e. The summed E-state index contributed by atoms with van der Waals surface area (Å²) in [6.45, 7) is 6.50. The second kappa shape index (κ2) is 67.3. The molecule has 0 radical (unpaired) electrons. The number of ether oxygens (including phenoxy) is 3. The fourth-order valence-corrected chi connectivity index (χ4v) is 9.15. The fourth-order valence-electron chi connectivity index (χ4n) is 9.15. The van der Waals surface area contributed by atoms with Gasteiger partial charge in [0.1, 0.15) is 13.2 Å². The van der Waals surface area contributed by atoms with Gasteiger partial charge in [0.15, 0.2) is 6.10 Å². The zero-order valence-corrected chi connectivity index (χ0v) is 52.3. The van der Waals surface area contributed by atoms with Crippen molar-refractivity contribution in [1.29, 1.82) is 0 Å². The number of allylic oxidation sites excluding steroid dienone is 20. The van der Waals surface area contributed by atoms with Crippen LogP contribution in [0.3, 0.4) is 0 Å². The highest BCUT2D eigenvalue weighted by Gasteiger charge is 2.19. The fraction of sp³-hybridized carbons (Fsp3) is 0.689. The molecule has 1 atom stereocenters. The van der Waals surface area contributed by atoms with Crippen LogP contribution in [0.25, 0.3) is 0 Å². The molecular weight excluding hydrogens is 985 g/mol. The second-order valence-corrected chi connectivity index (χ2v) is 22.0. The summed E-state index contributed by atoms with van der Waals surface area (Å²) in [6, 6.07) is 0. The first-order chi connectivity index (χ1) is 39.5. The van der Waals surface area contributed by atoms with Gasteiger partial charge in [0.05, 0.1) is 0 Å². The third-order valence-electron chi connectivity index (χ3n) is 14.2. The molecule has 0 amide bonds. The Bertz CT molecular complexity index is 1650. The Labute approximate surface area is 494 Å². The molecule has 0 aromatic carbocycles. The summed E-state index contributed by atoms with van der Waals surface area (Å²) in [6.07, 6.45) is 93.5. The molecule has 0 spiro atoms. The third kappa shape index (κ3) is 64.6. The van der Waals surface area contributed by atoms with Gasteiger partial charge in [-0.1, -0.05) is 277 Å². The lowest BCUT2D eigenvalue weighted by atomic mass is 10.1. The van der Waals surface area contributed by atoms with E-state index in [1.807, 2.05) is 0 Å². The molecule has 456 valence electrons. The Kier molecular flexibility index (Phi) is 63.8. The standard InChI is InChI=1S/C74H124O6/c1-4-7-10-13-16-19-22-25-28-30-32-33-34-35-36-37-38-39-40-41-43-44-46-49-52-55-58-61-64-67-73(76)79-70-71(69-78-72(75)66-63-60-57-54-51-48-27-24-21-18-15-12-9-6-3)80-74(77)68-65-62-59-56-53-50-47-45-42-31-29-26-23-20-17-14-11-8-5-2/h7,10,16,19,24-29,32-33,35-36,38-39,41,43,46,49,71H,4-6,8-9,11-15,17-18,20-23,30-31,34,37,40,42,44-45,47-48,50-70H2,1-3H3/b10-7-,19-16-,27-24-,28-25-,29-26-,33-32-,36-35-,39-38-,43-41-,49-46-. The average Bonchev–Trinajstić information content (AvgIpc) is 3.46. The lowest BCUT2D eigenvalue weighted by Crippen LogP contribution is -2.30. The molecule has 0 aromatic heterocycles. The highest BCUT2D eigenvalue weighted by molar-refractivity contribution is 5.71. The molecule has 80 heavy (non-hydrogen) atoms. The molecule has 0 rings (SSSR count). The Morgan fingerprint density at radius 3 is 0.775 bits per heavy atom. The van der Waals surface area contributed by atoms with E-state index in [4.69, 9.17) is 14.2 Å². The van der Waals surface area contributed by atoms with Gasteiger partial charge in [-0.2, -0.15) is 0 Å². The van der Waals surface area contributed by atoms with Gasteiger partial charge in [0.25, 0.3) is 0 Å². The number of carbonyl (C=O) groups excluding carboxylic acids is 3. The molecule has 0 saturated carbocycles. The highest BCUT2D eigenvalue weighted by atomic mass is 16.6. The summed E-state index contributed by atoms with van der Waals surface area (Å²) in [5, 5.41) is 0. The monoisotopic (exact) mass is 1110 g/mol. The van der Waals surface area contributed by atoms with Crippen LogP contribution in [0.4, 0.5) is 0 Å². The molecular formula is C74H124O6. The summed E-state index contributed by atoms with van der Waals surface area (Å²) in [5.74, 6) is -0.921. The molecule has 0 aliphatic rings. The maximum absolute atomic E-state index is 12.9. The van der Waals surface area contributed by atoms with Crippen LogP contribution in [-0.4, -0.2) is 37.2 Å². The lowest BCUT2D eigenvalue weighted by molar-refractivity contribution is -0.167. The number of rotatable bonds is 60. The van der Waals surface area contributed by atoms with Gasteiger partial charge < -0.3 is 14.2 Å². The molecule has 6 heteroatoms. The van der Waals surface area contributed by atoms with E-state index < -0.39 is 6.10 Å². The first-order valence-corrected chi connectivity index (χ1v) is 33.5. The van der Waals surface area contributed by atoms with Gasteiger partial charge in [0.2, 0.25) is 0 Å². The van der Waals surface area contributed by atoms with Crippen molar-refractivity contribution in [3.63, 3.8) is 0 Å². The summed E-state index contributed by atoms with van der Waals surface area (Å²) in [4.78, 5) is 38.4. The lowest BCUT2D eigenvalue weighted by Gasteiger charge is -2.18. The predicted molar refractivity (Wildman–Crippen MR) is 348 cm³/mol. The molecule has 0 aliphatic carbocycles. The zero-order valence-electron chi connectivity index (χ0n) is 52.3. The minimum atomic E-state index is -0.797. The molecule has 0 bridgehead atoms. The van der Waals surface area contributed by atoms with Crippen molar-refractivity contribution in [3.05, 3.63) is 122 Å². The summed E-state index contributed by atoms with van der Waals surface area (Å²) >= 11 is 0. The van der Waals surface area contributed by atoms with Gasteiger partial charge in [-0.05, 0) is 135 Å². The van der Waals surface area contributed by atoms with Crippen molar-refractivity contribution in [2.45, 2.75) is 316 Å². The van der Waals surface area contributed by atoms with Crippen molar-refractivity contribution in [1.82, 2.24) is 0 Å². The van der Waals surface area contributed by atoms with E-state index in [2.05, 4.69) is 142 Å². The van der Waals surface area contributed by atoms with Gasteiger partial charge in [-0.15, -0.1) is 0 Å². The van der Waals surface area contributed by atoms with E-state index in [-0.39, 0.29) is 31.1 Å². The van der Waals surface area contributed by atoms with Crippen molar-refractivity contribution >= 4 is 17.9 Å². The van der Waals surface area contributed by atoms with Crippen LogP contribution in [0.2, 0.25) is 0 Å². The van der Waals surface area contributed by atoms with Crippen molar-refractivity contribution < 1.29 is 28.6 Å². The maximum atomic E-state index is 12.9. The van der Waals surface area contributed by atoms with Crippen molar-refractivity contribution in [2.75, 3.05) is 13.2 Å². The first kappa shape index (κ1) is 75.8. The van der Waals surface area contributed by atoms with Gasteiger partial charge in [0, 0.05) is 19.3 Å². The quantitative estimate of drug-likeness (QED) is 0.0261. The topological polar surface area (TPSA) is 78.9 Å². The maximum Gasteiger partial charge on any atom is 0.306 e. The minimum Gasteiger partial charge on any atom is -0.462 e. The van der Waals surface area contributed by atoms with Crippen LogP contribution < -0.4 is 0 Å². The normalized spacial score (nSPS) is 12.9. The highest BCUT2D eigenvalue weighted by Crippen LogP contribution is 2.15. The average molecular weight is 1110 g/mol. The van der Waals surface area contributed by atoms with Crippen LogP contribution in [0.5, 0.6) is 0 Å². The van der Waals surface area contributed by atoms with Gasteiger partial charge >= 0.3 is 17.9 Å². The molecule has 6 nitrogen and oxygen atoms in total. The number of carbonyl (C=O) groups is 3. The van der Waals surface area contributed by atoms with E-state index >= 15 is 0 Å². The summed E-state index contributed by atoms with van der Waals surface area (Å²) in [7, 11) is 0. The number of hydrogen-bond donors (Lipinski definition) is 0. The smallest absolute Gasteiger partial charge is 0.306 e. The van der Waals surface area contributed by atoms with E-state index in [1.165, 1.54) is 141 Å². The van der Waals surface area contributed by atoms with Crippen molar-refractivity contribution in [3.8, 4) is 0 Å². The van der Waals surface area contributed by atoms with Crippen LogP contribution in [0.15, 0.2) is 122 Å².